The number of aromatic nitrogens is 3. The Labute approximate surface area is 88.3 Å². The van der Waals surface area contributed by atoms with Crippen molar-refractivity contribution in [3.63, 3.8) is 0 Å². The number of ether oxygens (including phenoxy) is 1. The molecule has 5 nitrogen and oxygen atoms in total. The van der Waals surface area contributed by atoms with Crippen LogP contribution < -0.4 is 5.73 Å². The van der Waals surface area contributed by atoms with Crippen LogP contribution in [0.4, 0.5) is 5.95 Å². The molecule has 0 fully saturated rings. The number of nitrogens with one attached hydrogen (secondary N) is 1. The highest BCUT2D eigenvalue weighted by atomic mass is 32.1. The molecule has 0 aromatic carbocycles. The predicted octanol–water partition coefficient (Wildman–Crippen LogP) is 1.34. The lowest BCUT2D eigenvalue weighted by molar-refractivity contribution is 0.191. The average Bonchev–Trinajstić information content (AvgIpc) is 2.48. The Hall–Kier alpha value is -0.880. The fourth-order valence-corrected chi connectivity index (χ4v) is 1.47. The van der Waals surface area contributed by atoms with E-state index in [-0.39, 0.29) is 0 Å². The number of rotatable bonds is 6. The fourth-order valence-electron chi connectivity index (χ4n) is 1.24. The number of H-pyrrole nitrogens is 1. The molecule has 80 valence electrons. The Kier molecular flexibility index (Phi) is 4.61. The number of unbranched alkanes of at least 4 members (excludes halogenated alkanes) is 2. The molecule has 1 rings (SSSR count). The SMILES string of the molecule is COCCCCCn1c(N)n[nH]c1=S. The first-order chi connectivity index (χ1) is 6.75. The van der Waals surface area contributed by atoms with E-state index in [9.17, 15) is 0 Å². The topological polar surface area (TPSA) is 68.9 Å². The van der Waals surface area contributed by atoms with E-state index in [1.54, 1.807) is 7.11 Å². The van der Waals surface area contributed by atoms with E-state index in [2.05, 4.69) is 10.2 Å². The van der Waals surface area contributed by atoms with Crippen LogP contribution in [0.15, 0.2) is 0 Å². The molecule has 0 aliphatic heterocycles. The molecule has 1 heterocycles. The molecule has 0 aliphatic carbocycles. The Morgan fingerprint density at radius 2 is 2.29 bits per heavy atom. The monoisotopic (exact) mass is 216 g/mol. The van der Waals surface area contributed by atoms with Crippen molar-refractivity contribution in [1.29, 1.82) is 0 Å². The Balaban J connectivity index is 2.28. The molecule has 3 N–H and O–H groups in total. The molecule has 0 atom stereocenters. The molecule has 0 aliphatic rings. The van der Waals surface area contributed by atoms with Gasteiger partial charge in [0.05, 0.1) is 0 Å². The molecule has 6 heteroatoms. The minimum atomic E-state index is 0.460. The zero-order valence-corrected chi connectivity index (χ0v) is 9.14. The molecule has 0 radical (unpaired) electrons. The minimum Gasteiger partial charge on any atom is -0.385 e. The van der Waals surface area contributed by atoms with Crippen molar-refractivity contribution in [2.24, 2.45) is 0 Å². The zero-order valence-electron chi connectivity index (χ0n) is 8.32. The van der Waals surface area contributed by atoms with E-state index < -0.39 is 0 Å². The van der Waals surface area contributed by atoms with Crippen LogP contribution in [0.5, 0.6) is 0 Å². The molecule has 0 saturated carbocycles. The molecule has 0 bridgehead atoms. The van der Waals surface area contributed by atoms with Gasteiger partial charge in [-0.2, -0.15) is 0 Å². The van der Waals surface area contributed by atoms with Crippen molar-refractivity contribution in [1.82, 2.24) is 14.8 Å². The predicted molar refractivity (Wildman–Crippen MR) is 57.6 cm³/mol. The first-order valence-electron chi connectivity index (χ1n) is 4.65. The third-order valence-corrected chi connectivity index (χ3v) is 2.33. The van der Waals surface area contributed by atoms with E-state index in [1.165, 1.54) is 0 Å². The van der Waals surface area contributed by atoms with Crippen LogP contribution in [0.2, 0.25) is 0 Å². The second-order valence-corrected chi connectivity index (χ2v) is 3.48. The summed E-state index contributed by atoms with van der Waals surface area (Å²) in [5, 5.41) is 6.49. The third kappa shape index (κ3) is 3.12. The number of nitrogens with two attached hydrogens (primary N) is 1. The van der Waals surface area contributed by atoms with Gasteiger partial charge in [0.15, 0.2) is 4.77 Å². The number of aromatic amines is 1. The summed E-state index contributed by atoms with van der Waals surface area (Å²) in [5.41, 5.74) is 5.61. The number of hydrogen-bond acceptors (Lipinski definition) is 4. The highest BCUT2D eigenvalue weighted by Crippen LogP contribution is 2.04. The molecular weight excluding hydrogens is 200 g/mol. The summed E-state index contributed by atoms with van der Waals surface area (Å²) in [7, 11) is 1.71. The van der Waals surface area contributed by atoms with Crippen LogP contribution >= 0.6 is 12.2 Å². The van der Waals surface area contributed by atoms with Crippen molar-refractivity contribution in [3.05, 3.63) is 4.77 Å². The first kappa shape index (κ1) is 11.2. The van der Waals surface area contributed by atoms with Gasteiger partial charge >= 0.3 is 0 Å². The molecule has 0 saturated heterocycles. The van der Waals surface area contributed by atoms with Gasteiger partial charge in [0.1, 0.15) is 0 Å². The Bertz CT molecular complexity index is 319. The second kappa shape index (κ2) is 5.77. The summed E-state index contributed by atoms with van der Waals surface area (Å²) < 4.78 is 7.36. The van der Waals surface area contributed by atoms with Gasteiger partial charge in [0.2, 0.25) is 5.95 Å². The van der Waals surface area contributed by atoms with E-state index in [0.717, 1.165) is 32.4 Å². The molecule has 1 aromatic rings. The second-order valence-electron chi connectivity index (χ2n) is 3.09. The molecule has 14 heavy (non-hydrogen) atoms. The van der Waals surface area contributed by atoms with Crippen molar-refractivity contribution in [2.45, 2.75) is 25.8 Å². The summed E-state index contributed by atoms with van der Waals surface area (Å²) in [6.45, 7) is 1.64. The van der Waals surface area contributed by atoms with Crippen molar-refractivity contribution in [2.75, 3.05) is 19.5 Å². The van der Waals surface area contributed by atoms with Gasteiger partial charge in [-0.25, -0.2) is 5.10 Å². The molecule has 0 spiro atoms. The molecule has 0 unspecified atom stereocenters. The van der Waals surface area contributed by atoms with Gasteiger partial charge in [-0.1, -0.05) is 0 Å². The number of methoxy groups -OCH3 is 1. The van der Waals surface area contributed by atoms with Crippen molar-refractivity contribution < 1.29 is 4.74 Å². The van der Waals surface area contributed by atoms with Gasteiger partial charge in [-0.15, -0.1) is 5.10 Å². The number of nitrogens with zero attached hydrogens (tertiary/aromatic N) is 2. The third-order valence-electron chi connectivity index (χ3n) is 2.02. The van der Waals surface area contributed by atoms with E-state index >= 15 is 0 Å². The first-order valence-corrected chi connectivity index (χ1v) is 5.06. The summed E-state index contributed by atoms with van der Waals surface area (Å²) in [4.78, 5) is 0. The van der Waals surface area contributed by atoms with Crippen LogP contribution in [0.3, 0.4) is 0 Å². The van der Waals surface area contributed by atoms with Crippen LogP contribution in [0, 0.1) is 4.77 Å². The van der Waals surface area contributed by atoms with Gasteiger partial charge in [-0.05, 0) is 31.5 Å². The quantitative estimate of drug-likeness (QED) is 0.556. The molecular formula is C8H16N4OS. The van der Waals surface area contributed by atoms with E-state index in [1.807, 2.05) is 4.57 Å². The van der Waals surface area contributed by atoms with Crippen molar-refractivity contribution >= 4 is 18.2 Å². The zero-order chi connectivity index (χ0) is 10.4. The number of nitrogen functional groups attached to an aromatic ring is 1. The van der Waals surface area contributed by atoms with E-state index in [0.29, 0.717) is 10.7 Å². The van der Waals surface area contributed by atoms with Gasteiger partial charge in [0, 0.05) is 20.3 Å². The van der Waals surface area contributed by atoms with Gasteiger partial charge in [-0.3, -0.25) is 4.57 Å². The highest BCUT2D eigenvalue weighted by Gasteiger charge is 2.00. The van der Waals surface area contributed by atoms with Crippen molar-refractivity contribution in [3.8, 4) is 0 Å². The molecule has 0 amide bonds. The Morgan fingerprint density at radius 1 is 1.50 bits per heavy atom. The summed E-state index contributed by atoms with van der Waals surface area (Å²) in [6, 6.07) is 0. The van der Waals surface area contributed by atoms with Crippen LogP contribution in [-0.2, 0) is 11.3 Å². The fraction of sp³-hybridized carbons (Fsp3) is 0.750. The smallest absolute Gasteiger partial charge is 0.220 e. The molecule has 1 aromatic heterocycles. The largest absolute Gasteiger partial charge is 0.385 e. The average molecular weight is 216 g/mol. The maximum atomic E-state index is 5.61. The van der Waals surface area contributed by atoms with Crippen LogP contribution in [-0.4, -0.2) is 28.5 Å². The number of anilines is 1. The normalized spacial score (nSPS) is 10.6. The standard InChI is InChI=1S/C8H16N4OS/c1-13-6-4-2-3-5-12-7(9)10-11-8(12)14/h2-6H2,1H3,(H2,9,10)(H,11,14). The lowest BCUT2D eigenvalue weighted by Crippen LogP contribution is -2.04. The lowest BCUT2D eigenvalue weighted by Gasteiger charge is -2.03. The maximum Gasteiger partial charge on any atom is 0.220 e. The maximum absolute atomic E-state index is 5.61. The minimum absolute atomic E-state index is 0.460. The Morgan fingerprint density at radius 3 is 2.86 bits per heavy atom. The number of hydrogen-bond donors (Lipinski definition) is 2. The van der Waals surface area contributed by atoms with Gasteiger partial charge < -0.3 is 10.5 Å². The van der Waals surface area contributed by atoms with Crippen LogP contribution in [0.25, 0.3) is 0 Å². The summed E-state index contributed by atoms with van der Waals surface area (Å²) in [6.07, 6.45) is 3.23. The van der Waals surface area contributed by atoms with Crippen LogP contribution in [0.1, 0.15) is 19.3 Å². The van der Waals surface area contributed by atoms with E-state index in [4.69, 9.17) is 22.7 Å². The highest BCUT2D eigenvalue weighted by molar-refractivity contribution is 7.71. The van der Waals surface area contributed by atoms with Gasteiger partial charge in [0.25, 0.3) is 0 Å². The lowest BCUT2D eigenvalue weighted by atomic mass is 10.2. The summed E-state index contributed by atoms with van der Waals surface area (Å²) >= 11 is 5.01. The summed E-state index contributed by atoms with van der Waals surface area (Å²) in [5.74, 6) is 0.460.